The summed E-state index contributed by atoms with van der Waals surface area (Å²) >= 11 is 0. The van der Waals surface area contributed by atoms with Gasteiger partial charge in [-0.2, -0.15) is 0 Å². The number of methoxy groups -OCH3 is 1. The maximum Gasteiger partial charge on any atom is 0.130 e. The molecule has 1 aliphatic heterocycles. The lowest BCUT2D eigenvalue weighted by molar-refractivity contribution is -0.109. The third-order valence-corrected chi connectivity index (χ3v) is 6.48. The van der Waals surface area contributed by atoms with Gasteiger partial charge >= 0.3 is 0 Å². The monoisotopic (exact) mass is 469 g/mol. The number of aliphatic hydroxyl groups excluding tert-OH is 1. The zero-order valence-corrected chi connectivity index (χ0v) is 20.9. The minimum absolute atomic E-state index is 0.308. The average Bonchev–Trinajstić information content (AvgIpc) is 3.67. The van der Waals surface area contributed by atoms with Crippen molar-refractivity contribution in [1.82, 2.24) is 4.98 Å². The fourth-order valence-corrected chi connectivity index (χ4v) is 4.53. The van der Waals surface area contributed by atoms with Crippen LogP contribution in [0.4, 0.5) is 17.1 Å². The molecule has 186 valence electrons. The SMILES string of the molecule is CO.COCc1ccc(Nc2cc(C3(C=O)CC3)ccc2N(CC(C)C)C2CCOCC2)cn1. The quantitative estimate of drug-likeness (QED) is 0.497. The number of hydrogen-bond donors (Lipinski definition) is 2. The number of rotatable bonds is 10. The summed E-state index contributed by atoms with van der Waals surface area (Å²) in [4.78, 5) is 18.8. The van der Waals surface area contributed by atoms with Crippen LogP contribution in [-0.2, 0) is 26.3 Å². The molecule has 2 fully saturated rings. The van der Waals surface area contributed by atoms with Gasteiger partial charge in [-0.25, -0.2) is 0 Å². The summed E-state index contributed by atoms with van der Waals surface area (Å²) in [6.45, 7) is 7.60. The van der Waals surface area contributed by atoms with Crippen molar-refractivity contribution in [2.75, 3.05) is 44.2 Å². The Morgan fingerprint density at radius 2 is 1.97 bits per heavy atom. The lowest BCUT2D eigenvalue weighted by Crippen LogP contribution is -2.42. The van der Waals surface area contributed by atoms with Crippen molar-refractivity contribution in [3.63, 3.8) is 0 Å². The van der Waals surface area contributed by atoms with Crippen LogP contribution in [0.3, 0.4) is 0 Å². The molecule has 4 rings (SSSR count). The smallest absolute Gasteiger partial charge is 0.130 e. The molecule has 0 atom stereocenters. The van der Waals surface area contributed by atoms with Crippen molar-refractivity contribution < 1.29 is 19.4 Å². The van der Waals surface area contributed by atoms with Crippen molar-refractivity contribution in [1.29, 1.82) is 0 Å². The first-order valence-electron chi connectivity index (χ1n) is 12.2. The average molecular weight is 470 g/mol. The van der Waals surface area contributed by atoms with E-state index in [4.69, 9.17) is 14.6 Å². The lowest BCUT2D eigenvalue weighted by Gasteiger charge is -2.38. The van der Waals surface area contributed by atoms with E-state index in [9.17, 15) is 4.79 Å². The summed E-state index contributed by atoms with van der Waals surface area (Å²) in [5.41, 5.74) is 4.82. The van der Waals surface area contributed by atoms with E-state index in [0.717, 1.165) is 81.5 Å². The van der Waals surface area contributed by atoms with Gasteiger partial charge in [-0.3, -0.25) is 4.98 Å². The first-order chi connectivity index (χ1) is 16.5. The normalized spacial score (nSPS) is 17.0. The molecule has 0 spiro atoms. The summed E-state index contributed by atoms with van der Waals surface area (Å²) in [6.07, 6.45) is 6.88. The van der Waals surface area contributed by atoms with Crippen LogP contribution in [0.1, 0.15) is 50.8 Å². The second-order valence-electron chi connectivity index (χ2n) is 9.49. The molecule has 7 heteroatoms. The van der Waals surface area contributed by atoms with Crippen molar-refractivity contribution in [3.8, 4) is 0 Å². The van der Waals surface area contributed by atoms with Gasteiger partial charge in [0.1, 0.15) is 6.29 Å². The Hall–Kier alpha value is -2.48. The highest BCUT2D eigenvalue weighted by molar-refractivity contribution is 5.80. The van der Waals surface area contributed by atoms with Gasteiger partial charge in [-0.05, 0) is 61.4 Å². The van der Waals surface area contributed by atoms with E-state index in [1.807, 2.05) is 18.3 Å². The molecule has 2 aromatic rings. The topological polar surface area (TPSA) is 83.9 Å². The van der Waals surface area contributed by atoms with Crippen molar-refractivity contribution >= 4 is 23.3 Å². The third-order valence-electron chi connectivity index (χ3n) is 6.48. The Balaban J connectivity index is 0.00000158. The van der Waals surface area contributed by atoms with Gasteiger partial charge in [-0.15, -0.1) is 0 Å². The number of aromatic nitrogens is 1. The van der Waals surface area contributed by atoms with Gasteiger partial charge in [0.25, 0.3) is 0 Å². The predicted molar refractivity (Wildman–Crippen MR) is 136 cm³/mol. The van der Waals surface area contributed by atoms with Crippen LogP contribution in [0.5, 0.6) is 0 Å². The highest BCUT2D eigenvalue weighted by Gasteiger charge is 2.44. The number of benzene rings is 1. The fraction of sp³-hybridized carbons (Fsp3) is 0.556. The Labute approximate surface area is 203 Å². The van der Waals surface area contributed by atoms with E-state index in [2.05, 4.69) is 47.2 Å². The van der Waals surface area contributed by atoms with Crippen molar-refractivity contribution in [2.45, 2.75) is 57.6 Å². The molecule has 2 N–H and O–H groups in total. The van der Waals surface area contributed by atoms with Crippen LogP contribution in [-0.4, -0.2) is 56.4 Å². The van der Waals surface area contributed by atoms with Crippen LogP contribution in [0, 0.1) is 5.92 Å². The Kier molecular flexibility index (Phi) is 9.45. The molecular weight excluding hydrogens is 430 g/mol. The number of aliphatic hydroxyl groups is 1. The van der Waals surface area contributed by atoms with Gasteiger partial charge < -0.3 is 29.6 Å². The minimum Gasteiger partial charge on any atom is -0.400 e. The summed E-state index contributed by atoms with van der Waals surface area (Å²) in [5.74, 6) is 0.533. The fourth-order valence-electron chi connectivity index (χ4n) is 4.53. The number of pyridine rings is 1. The molecule has 0 bridgehead atoms. The molecule has 1 saturated heterocycles. The number of aldehydes is 1. The number of ether oxygens (including phenoxy) is 2. The maximum atomic E-state index is 11.8. The van der Waals surface area contributed by atoms with E-state index in [-0.39, 0.29) is 5.41 Å². The number of nitrogens with zero attached hydrogens (tertiary/aromatic N) is 2. The Bertz CT molecular complexity index is 907. The highest BCUT2D eigenvalue weighted by atomic mass is 16.5. The predicted octanol–water partition coefficient (Wildman–Crippen LogP) is 4.45. The second-order valence-corrected chi connectivity index (χ2v) is 9.49. The third kappa shape index (κ3) is 6.34. The van der Waals surface area contributed by atoms with Crippen LogP contribution < -0.4 is 10.2 Å². The summed E-state index contributed by atoms with van der Waals surface area (Å²) in [7, 11) is 2.67. The molecule has 7 nitrogen and oxygen atoms in total. The summed E-state index contributed by atoms with van der Waals surface area (Å²) in [6, 6.07) is 11.0. The van der Waals surface area contributed by atoms with Gasteiger partial charge in [0.15, 0.2) is 0 Å². The first kappa shape index (κ1) is 26.1. The summed E-state index contributed by atoms with van der Waals surface area (Å²) < 4.78 is 10.8. The largest absolute Gasteiger partial charge is 0.400 e. The van der Waals surface area contributed by atoms with Gasteiger partial charge in [0.05, 0.1) is 41.0 Å². The van der Waals surface area contributed by atoms with Crippen LogP contribution in [0.25, 0.3) is 0 Å². The van der Waals surface area contributed by atoms with Gasteiger partial charge in [0.2, 0.25) is 0 Å². The zero-order valence-electron chi connectivity index (χ0n) is 20.9. The number of carbonyl (C=O) groups excluding carboxylic acids is 1. The number of anilines is 3. The first-order valence-corrected chi connectivity index (χ1v) is 12.2. The van der Waals surface area contributed by atoms with E-state index in [0.29, 0.717) is 18.6 Å². The zero-order chi connectivity index (χ0) is 24.6. The molecule has 1 saturated carbocycles. The molecule has 0 radical (unpaired) electrons. The van der Waals surface area contributed by atoms with Crippen molar-refractivity contribution in [3.05, 3.63) is 47.8 Å². The van der Waals surface area contributed by atoms with Crippen LogP contribution >= 0.6 is 0 Å². The molecule has 2 aliphatic rings. The highest BCUT2D eigenvalue weighted by Crippen LogP contribution is 2.48. The molecule has 1 aliphatic carbocycles. The Morgan fingerprint density at radius 3 is 2.53 bits per heavy atom. The van der Waals surface area contributed by atoms with E-state index in [1.54, 1.807) is 7.11 Å². The van der Waals surface area contributed by atoms with Gasteiger partial charge in [0, 0.05) is 40.0 Å². The summed E-state index contributed by atoms with van der Waals surface area (Å²) in [5, 5.41) is 10.6. The standard InChI is InChI=1S/C26H35N3O3.CH4O/c1-19(2)16-29(23-8-12-32-13-9-23)25-7-4-20(26(18-30)10-11-26)14-24(25)28-21-5-6-22(17-31-3)27-15-21;1-2/h4-7,14-15,18-19,23,28H,8-13,16-17H2,1-3H3;2H,1H3. The molecule has 0 amide bonds. The number of hydrogen-bond acceptors (Lipinski definition) is 7. The van der Waals surface area contributed by atoms with E-state index >= 15 is 0 Å². The molecular formula is C27H39N3O4. The maximum absolute atomic E-state index is 11.8. The molecule has 34 heavy (non-hydrogen) atoms. The van der Waals surface area contributed by atoms with E-state index < -0.39 is 0 Å². The lowest BCUT2D eigenvalue weighted by atomic mass is 9.95. The molecule has 0 unspecified atom stereocenters. The Morgan fingerprint density at radius 1 is 1.24 bits per heavy atom. The number of carbonyl (C=O) groups is 1. The van der Waals surface area contributed by atoms with Gasteiger partial charge in [-0.1, -0.05) is 19.9 Å². The molecule has 2 heterocycles. The minimum atomic E-state index is -0.308. The van der Waals surface area contributed by atoms with Crippen LogP contribution in [0.2, 0.25) is 0 Å². The van der Waals surface area contributed by atoms with Crippen LogP contribution in [0.15, 0.2) is 36.5 Å². The molecule has 1 aromatic heterocycles. The number of nitrogens with one attached hydrogen (secondary N) is 1. The van der Waals surface area contributed by atoms with Crippen molar-refractivity contribution in [2.24, 2.45) is 5.92 Å². The second kappa shape index (κ2) is 12.3. The molecule has 1 aromatic carbocycles. The van der Waals surface area contributed by atoms with E-state index in [1.165, 1.54) is 5.69 Å².